The Balaban J connectivity index is 0.00000161. The van der Waals surface area contributed by atoms with E-state index < -0.39 is 0 Å². The average molecular weight is 356 g/mol. The summed E-state index contributed by atoms with van der Waals surface area (Å²) in [6.45, 7) is 0.625. The molecule has 0 radical (unpaired) electrons. The van der Waals surface area contributed by atoms with Gasteiger partial charge in [0.15, 0.2) is 11.5 Å². The van der Waals surface area contributed by atoms with E-state index in [0.717, 1.165) is 29.9 Å². The van der Waals surface area contributed by atoms with Gasteiger partial charge in [0.25, 0.3) is 0 Å². The van der Waals surface area contributed by atoms with Crippen LogP contribution in [0.15, 0.2) is 12.1 Å². The lowest BCUT2D eigenvalue weighted by molar-refractivity contribution is 0.212. The minimum Gasteiger partial charge on any atom is -0.504 e. The van der Waals surface area contributed by atoms with Gasteiger partial charge in [-0.2, -0.15) is 0 Å². The molecule has 0 spiro atoms. The molecule has 1 saturated carbocycles. The molecule has 4 heteroatoms. The van der Waals surface area contributed by atoms with Crippen molar-refractivity contribution >= 4 is 17.0 Å². The van der Waals surface area contributed by atoms with Crippen LogP contribution in [0, 0.1) is 11.8 Å². The smallest absolute Gasteiger partial charge is 0.160 e. The molecular formula is C17H26BrNO2. The van der Waals surface area contributed by atoms with Crippen LogP contribution < -0.4 is 5.73 Å². The van der Waals surface area contributed by atoms with Crippen molar-refractivity contribution in [3.05, 3.63) is 23.3 Å². The molecule has 0 heterocycles. The molecule has 2 aliphatic rings. The summed E-state index contributed by atoms with van der Waals surface area (Å²) < 4.78 is 0. The van der Waals surface area contributed by atoms with Gasteiger partial charge in [0.05, 0.1) is 0 Å². The fourth-order valence-corrected chi connectivity index (χ4v) is 4.26. The van der Waals surface area contributed by atoms with Gasteiger partial charge in [-0.25, -0.2) is 0 Å². The van der Waals surface area contributed by atoms with E-state index in [1.54, 1.807) is 6.07 Å². The maximum absolute atomic E-state index is 10.2. The number of fused-ring (bicyclic) bond motifs is 1. The van der Waals surface area contributed by atoms with Crippen LogP contribution in [-0.2, 0) is 6.42 Å². The van der Waals surface area contributed by atoms with Gasteiger partial charge < -0.3 is 15.9 Å². The molecule has 0 amide bonds. The minimum atomic E-state index is 0. The normalized spacial score (nSPS) is 26.0. The molecule has 2 atom stereocenters. The Morgan fingerprint density at radius 2 is 1.76 bits per heavy atom. The van der Waals surface area contributed by atoms with Gasteiger partial charge >= 0.3 is 0 Å². The Bertz CT molecular complexity index is 486. The second-order valence-corrected chi connectivity index (χ2v) is 6.53. The number of benzene rings is 1. The molecule has 1 fully saturated rings. The van der Waals surface area contributed by atoms with E-state index in [9.17, 15) is 10.2 Å². The predicted octanol–water partition coefficient (Wildman–Crippen LogP) is 3.86. The van der Waals surface area contributed by atoms with E-state index in [2.05, 4.69) is 0 Å². The van der Waals surface area contributed by atoms with Crippen LogP contribution in [0.1, 0.15) is 55.6 Å². The molecule has 0 bridgehead atoms. The zero-order valence-corrected chi connectivity index (χ0v) is 14.1. The van der Waals surface area contributed by atoms with Crippen molar-refractivity contribution in [2.75, 3.05) is 6.54 Å². The second-order valence-electron chi connectivity index (χ2n) is 6.53. The largest absolute Gasteiger partial charge is 0.504 e. The van der Waals surface area contributed by atoms with Crippen molar-refractivity contribution in [1.29, 1.82) is 0 Å². The van der Waals surface area contributed by atoms with Crippen LogP contribution in [0.5, 0.6) is 11.5 Å². The maximum atomic E-state index is 10.2. The third-order valence-corrected chi connectivity index (χ3v) is 5.39. The predicted molar refractivity (Wildman–Crippen MR) is 90.3 cm³/mol. The number of phenols is 2. The van der Waals surface area contributed by atoms with Crippen LogP contribution in [0.25, 0.3) is 0 Å². The number of aromatic hydroxyl groups is 2. The van der Waals surface area contributed by atoms with Crippen molar-refractivity contribution in [3.63, 3.8) is 0 Å². The molecule has 2 aliphatic carbocycles. The Hall–Kier alpha value is -0.740. The summed E-state index contributed by atoms with van der Waals surface area (Å²) in [6, 6.07) is 3.54. The molecule has 21 heavy (non-hydrogen) atoms. The molecule has 0 saturated heterocycles. The molecule has 1 aromatic rings. The first-order valence-electron chi connectivity index (χ1n) is 7.94. The molecule has 4 N–H and O–H groups in total. The summed E-state index contributed by atoms with van der Waals surface area (Å²) in [4.78, 5) is 0. The van der Waals surface area contributed by atoms with Gasteiger partial charge in [-0.05, 0) is 48.8 Å². The van der Waals surface area contributed by atoms with E-state index in [-0.39, 0.29) is 28.5 Å². The topological polar surface area (TPSA) is 66.5 Å². The number of hydrogen-bond donors (Lipinski definition) is 3. The fraction of sp³-hybridized carbons (Fsp3) is 0.647. The van der Waals surface area contributed by atoms with E-state index in [0.29, 0.717) is 18.4 Å². The fourth-order valence-electron chi connectivity index (χ4n) is 4.26. The van der Waals surface area contributed by atoms with Gasteiger partial charge in [-0.3, -0.25) is 0 Å². The molecular weight excluding hydrogens is 330 g/mol. The SMILES string of the molecule is Br.NC[C@@H]1C[C@H](C2CCCCC2)Cc2c1ccc(O)c2O. The number of phenolic OH excluding ortho intramolecular Hbond substituents is 2. The van der Waals surface area contributed by atoms with Gasteiger partial charge in [-0.15, -0.1) is 17.0 Å². The number of hydrogen-bond acceptors (Lipinski definition) is 3. The Morgan fingerprint density at radius 1 is 1.05 bits per heavy atom. The van der Waals surface area contributed by atoms with E-state index >= 15 is 0 Å². The lowest BCUT2D eigenvalue weighted by atomic mass is 9.68. The van der Waals surface area contributed by atoms with E-state index in [1.165, 1.54) is 32.1 Å². The summed E-state index contributed by atoms with van der Waals surface area (Å²) in [5.74, 6) is 1.80. The first kappa shape index (κ1) is 16.6. The van der Waals surface area contributed by atoms with Gasteiger partial charge in [0.1, 0.15) is 0 Å². The van der Waals surface area contributed by atoms with Crippen molar-refractivity contribution in [2.45, 2.75) is 50.9 Å². The van der Waals surface area contributed by atoms with Crippen molar-refractivity contribution in [3.8, 4) is 11.5 Å². The van der Waals surface area contributed by atoms with Crippen molar-refractivity contribution in [1.82, 2.24) is 0 Å². The highest BCUT2D eigenvalue weighted by atomic mass is 79.9. The minimum absolute atomic E-state index is 0. The first-order valence-corrected chi connectivity index (χ1v) is 7.94. The monoisotopic (exact) mass is 355 g/mol. The highest BCUT2D eigenvalue weighted by Crippen LogP contribution is 2.46. The molecule has 0 aliphatic heterocycles. The van der Waals surface area contributed by atoms with Crippen LogP contribution in [0.3, 0.4) is 0 Å². The standard InChI is InChI=1S/C17H25NO2.BrH/c18-10-13-8-12(11-4-2-1-3-5-11)9-15-14(13)6-7-16(19)17(15)20;/h6-7,11-13,19-20H,1-5,8-10,18H2;1H/t12-,13-;/m0./s1. The van der Waals surface area contributed by atoms with Crippen LogP contribution >= 0.6 is 17.0 Å². The summed E-state index contributed by atoms with van der Waals surface area (Å²) >= 11 is 0. The Kier molecular flexibility index (Phi) is 5.55. The van der Waals surface area contributed by atoms with Gasteiger partial charge in [0, 0.05) is 5.56 Å². The quantitative estimate of drug-likeness (QED) is 0.705. The summed E-state index contributed by atoms with van der Waals surface area (Å²) in [7, 11) is 0. The molecule has 3 rings (SSSR count). The zero-order valence-electron chi connectivity index (χ0n) is 12.4. The molecule has 3 nitrogen and oxygen atoms in total. The van der Waals surface area contributed by atoms with E-state index in [1.807, 2.05) is 6.07 Å². The summed E-state index contributed by atoms with van der Waals surface area (Å²) in [5, 5.41) is 19.9. The van der Waals surface area contributed by atoms with Crippen LogP contribution in [-0.4, -0.2) is 16.8 Å². The maximum Gasteiger partial charge on any atom is 0.160 e. The zero-order chi connectivity index (χ0) is 14.1. The molecule has 118 valence electrons. The highest BCUT2D eigenvalue weighted by molar-refractivity contribution is 8.93. The van der Waals surface area contributed by atoms with Crippen molar-refractivity contribution in [2.24, 2.45) is 17.6 Å². The molecule has 0 unspecified atom stereocenters. The highest BCUT2D eigenvalue weighted by Gasteiger charge is 2.33. The summed E-state index contributed by atoms with van der Waals surface area (Å²) in [6.07, 6.45) is 8.72. The number of halogens is 1. The third kappa shape index (κ3) is 3.21. The first-order chi connectivity index (χ1) is 9.70. The molecule has 0 aromatic heterocycles. The number of nitrogens with two attached hydrogens (primary N) is 1. The average Bonchev–Trinajstić information content (AvgIpc) is 2.51. The Morgan fingerprint density at radius 3 is 2.43 bits per heavy atom. The lowest BCUT2D eigenvalue weighted by Crippen LogP contribution is -2.29. The van der Waals surface area contributed by atoms with Crippen LogP contribution in [0.4, 0.5) is 0 Å². The van der Waals surface area contributed by atoms with Crippen LogP contribution in [0.2, 0.25) is 0 Å². The second kappa shape index (κ2) is 7.01. The van der Waals surface area contributed by atoms with E-state index in [4.69, 9.17) is 5.73 Å². The van der Waals surface area contributed by atoms with Gasteiger partial charge in [0.2, 0.25) is 0 Å². The van der Waals surface area contributed by atoms with Crippen molar-refractivity contribution < 1.29 is 10.2 Å². The lowest BCUT2D eigenvalue weighted by Gasteiger charge is -2.37. The van der Waals surface area contributed by atoms with Gasteiger partial charge in [-0.1, -0.05) is 38.2 Å². The summed E-state index contributed by atoms with van der Waals surface area (Å²) in [5.41, 5.74) is 8.05. The number of rotatable bonds is 2. The molecule has 1 aromatic carbocycles. The third-order valence-electron chi connectivity index (χ3n) is 5.39. The Labute approximate surface area is 137 Å².